The first-order valence-electron chi connectivity index (χ1n) is 6.54. The van der Waals surface area contributed by atoms with Crippen LogP contribution < -0.4 is 16.4 Å². The van der Waals surface area contributed by atoms with E-state index >= 15 is 0 Å². The number of benzene rings is 1. The molecule has 0 atom stereocenters. The first-order chi connectivity index (χ1) is 9.43. The van der Waals surface area contributed by atoms with Crippen LogP contribution in [-0.2, 0) is 9.59 Å². The van der Waals surface area contributed by atoms with Gasteiger partial charge < -0.3 is 16.4 Å². The number of hydrogen-bond acceptors (Lipinski definition) is 3. The second-order valence-electron chi connectivity index (χ2n) is 4.78. The highest BCUT2D eigenvalue weighted by Crippen LogP contribution is 2.26. The summed E-state index contributed by atoms with van der Waals surface area (Å²) in [4.78, 5) is 23.3. The van der Waals surface area contributed by atoms with Gasteiger partial charge >= 0.3 is 0 Å². The molecule has 0 radical (unpaired) electrons. The van der Waals surface area contributed by atoms with Gasteiger partial charge in [0.25, 0.3) is 0 Å². The highest BCUT2D eigenvalue weighted by atomic mass is 35.5. The third-order valence-corrected chi connectivity index (χ3v) is 2.97. The largest absolute Gasteiger partial charge is 0.330 e. The van der Waals surface area contributed by atoms with Crippen molar-refractivity contribution >= 4 is 34.8 Å². The van der Waals surface area contributed by atoms with Crippen LogP contribution in [0.2, 0.25) is 5.02 Å². The third kappa shape index (κ3) is 5.19. The van der Waals surface area contributed by atoms with Crippen molar-refractivity contribution < 1.29 is 9.59 Å². The van der Waals surface area contributed by atoms with Crippen LogP contribution in [0, 0.1) is 5.92 Å². The number of amides is 2. The SMILES string of the molecule is CC(C)C(=O)Nc1ccc(Cl)c(NC(=O)CCCN)c1. The zero-order valence-corrected chi connectivity index (χ0v) is 12.5. The van der Waals surface area contributed by atoms with E-state index in [2.05, 4.69) is 10.6 Å². The maximum Gasteiger partial charge on any atom is 0.226 e. The van der Waals surface area contributed by atoms with Gasteiger partial charge in [0, 0.05) is 18.0 Å². The molecule has 0 bridgehead atoms. The summed E-state index contributed by atoms with van der Waals surface area (Å²) in [6.07, 6.45) is 0.961. The summed E-state index contributed by atoms with van der Waals surface area (Å²) in [5.41, 5.74) is 6.43. The third-order valence-electron chi connectivity index (χ3n) is 2.64. The molecule has 1 rings (SSSR count). The molecule has 4 N–H and O–H groups in total. The molecule has 1 aromatic rings. The van der Waals surface area contributed by atoms with Gasteiger partial charge in [-0.25, -0.2) is 0 Å². The topological polar surface area (TPSA) is 84.2 Å². The van der Waals surface area contributed by atoms with Crippen molar-refractivity contribution in [3.05, 3.63) is 23.2 Å². The molecule has 0 aromatic heterocycles. The maximum absolute atomic E-state index is 11.7. The maximum atomic E-state index is 11.7. The summed E-state index contributed by atoms with van der Waals surface area (Å²) in [5.74, 6) is -0.356. The molecule has 20 heavy (non-hydrogen) atoms. The fourth-order valence-corrected chi connectivity index (χ4v) is 1.63. The van der Waals surface area contributed by atoms with Crippen LogP contribution in [0.15, 0.2) is 18.2 Å². The van der Waals surface area contributed by atoms with Gasteiger partial charge in [-0.3, -0.25) is 9.59 Å². The summed E-state index contributed by atoms with van der Waals surface area (Å²) >= 11 is 6.02. The van der Waals surface area contributed by atoms with Crippen LogP contribution in [0.4, 0.5) is 11.4 Å². The smallest absolute Gasteiger partial charge is 0.226 e. The highest BCUT2D eigenvalue weighted by molar-refractivity contribution is 6.33. The molecule has 0 unspecified atom stereocenters. The summed E-state index contributed by atoms with van der Waals surface area (Å²) in [7, 11) is 0. The van der Waals surface area contributed by atoms with Crippen LogP contribution in [0.25, 0.3) is 0 Å². The number of carbonyl (C=O) groups excluding carboxylic acids is 2. The Bertz CT molecular complexity index is 489. The minimum atomic E-state index is -0.148. The average molecular weight is 298 g/mol. The van der Waals surface area contributed by atoms with Gasteiger partial charge in [-0.1, -0.05) is 25.4 Å². The van der Waals surface area contributed by atoms with Gasteiger partial charge in [-0.05, 0) is 31.2 Å². The first kappa shape index (κ1) is 16.5. The number of rotatable bonds is 6. The molecule has 0 aliphatic carbocycles. The van der Waals surface area contributed by atoms with Crippen LogP contribution in [0.3, 0.4) is 0 Å². The monoisotopic (exact) mass is 297 g/mol. The second kappa shape index (κ2) is 7.87. The predicted molar refractivity (Wildman–Crippen MR) is 81.8 cm³/mol. The van der Waals surface area contributed by atoms with E-state index in [1.54, 1.807) is 32.0 Å². The molecule has 0 aliphatic heterocycles. The van der Waals surface area contributed by atoms with E-state index in [0.717, 1.165) is 0 Å². The minimum Gasteiger partial charge on any atom is -0.330 e. The summed E-state index contributed by atoms with van der Waals surface area (Å²) < 4.78 is 0. The Balaban J connectivity index is 2.76. The van der Waals surface area contributed by atoms with E-state index in [1.165, 1.54) is 0 Å². The minimum absolute atomic E-state index is 0.0901. The predicted octanol–water partition coefficient (Wildman–Crippen LogP) is 2.61. The lowest BCUT2D eigenvalue weighted by Gasteiger charge is -2.11. The Hall–Kier alpha value is -1.59. The molecule has 0 saturated heterocycles. The molecular weight excluding hydrogens is 278 g/mol. The lowest BCUT2D eigenvalue weighted by Crippen LogP contribution is -2.18. The van der Waals surface area contributed by atoms with Crippen molar-refractivity contribution in [1.29, 1.82) is 0 Å². The van der Waals surface area contributed by atoms with Crippen molar-refractivity contribution in [3.63, 3.8) is 0 Å². The average Bonchev–Trinajstić information content (AvgIpc) is 2.40. The molecule has 2 amide bonds. The van der Waals surface area contributed by atoms with Crippen LogP contribution in [0.1, 0.15) is 26.7 Å². The highest BCUT2D eigenvalue weighted by Gasteiger charge is 2.10. The molecule has 0 fully saturated rings. The number of halogens is 1. The zero-order valence-electron chi connectivity index (χ0n) is 11.7. The number of nitrogens with one attached hydrogen (secondary N) is 2. The molecule has 0 spiro atoms. The number of nitrogens with two attached hydrogens (primary N) is 1. The van der Waals surface area contributed by atoms with Crippen molar-refractivity contribution in [2.45, 2.75) is 26.7 Å². The summed E-state index contributed by atoms with van der Waals surface area (Å²) in [6, 6.07) is 4.97. The lowest BCUT2D eigenvalue weighted by atomic mass is 10.2. The Labute approximate surface area is 123 Å². The number of hydrogen-bond donors (Lipinski definition) is 3. The van der Waals surface area contributed by atoms with Gasteiger partial charge in [0.05, 0.1) is 10.7 Å². The van der Waals surface area contributed by atoms with E-state index in [1.807, 2.05) is 0 Å². The number of anilines is 2. The first-order valence-corrected chi connectivity index (χ1v) is 6.92. The second-order valence-corrected chi connectivity index (χ2v) is 5.19. The van der Waals surface area contributed by atoms with Gasteiger partial charge in [0.1, 0.15) is 0 Å². The normalized spacial score (nSPS) is 10.4. The molecule has 5 nitrogen and oxygen atoms in total. The van der Waals surface area contributed by atoms with Crippen LogP contribution in [-0.4, -0.2) is 18.4 Å². The fraction of sp³-hybridized carbons (Fsp3) is 0.429. The van der Waals surface area contributed by atoms with Crippen LogP contribution >= 0.6 is 11.6 Å². The zero-order chi connectivity index (χ0) is 15.1. The van der Waals surface area contributed by atoms with Crippen LogP contribution in [0.5, 0.6) is 0 Å². The molecule has 110 valence electrons. The molecule has 6 heteroatoms. The van der Waals surface area contributed by atoms with Crippen molar-refractivity contribution in [2.75, 3.05) is 17.2 Å². The van der Waals surface area contributed by atoms with Gasteiger partial charge in [0.15, 0.2) is 0 Å². The van der Waals surface area contributed by atoms with Gasteiger partial charge in [0.2, 0.25) is 11.8 Å². The molecule has 1 aromatic carbocycles. The standard InChI is InChI=1S/C14H20ClN3O2/c1-9(2)14(20)17-10-5-6-11(15)12(8-10)18-13(19)4-3-7-16/h5-6,8-9H,3-4,7,16H2,1-2H3,(H,17,20)(H,18,19). The van der Waals surface area contributed by atoms with Gasteiger partial charge in [-0.15, -0.1) is 0 Å². The van der Waals surface area contributed by atoms with Gasteiger partial charge in [-0.2, -0.15) is 0 Å². The van der Waals surface area contributed by atoms with E-state index < -0.39 is 0 Å². The molecule has 0 aliphatic rings. The number of carbonyl (C=O) groups is 2. The Morgan fingerprint density at radius 2 is 2.00 bits per heavy atom. The van der Waals surface area contributed by atoms with Crippen molar-refractivity contribution in [1.82, 2.24) is 0 Å². The Morgan fingerprint density at radius 3 is 2.60 bits per heavy atom. The lowest BCUT2D eigenvalue weighted by molar-refractivity contribution is -0.119. The van der Waals surface area contributed by atoms with Crippen molar-refractivity contribution in [3.8, 4) is 0 Å². The molecular formula is C14H20ClN3O2. The van der Waals surface area contributed by atoms with E-state index in [-0.39, 0.29) is 17.7 Å². The molecule has 0 heterocycles. The summed E-state index contributed by atoms with van der Waals surface area (Å²) in [6.45, 7) is 4.08. The van der Waals surface area contributed by atoms with E-state index in [4.69, 9.17) is 17.3 Å². The quantitative estimate of drug-likeness (QED) is 0.754. The Morgan fingerprint density at radius 1 is 1.30 bits per heavy atom. The van der Waals surface area contributed by atoms with Crippen molar-refractivity contribution in [2.24, 2.45) is 11.7 Å². The fourth-order valence-electron chi connectivity index (χ4n) is 1.46. The molecule has 0 saturated carbocycles. The summed E-state index contributed by atoms with van der Waals surface area (Å²) in [5, 5.41) is 5.89. The Kier molecular flexibility index (Phi) is 6.48. The van der Waals surface area contributed by atoms with E-state index in [0.29, 0.717) is 35.8 Å². The van der Waals surface area contributed by atoms with E-state index in [9.17, 15) is 9.59 Å².